The first-order valence-electron chi connectivity index (χ1n) is 9.07. The van der Waals surface area contributed by atoms with Gasteiger partial charge in [0.25, 0.3) is 0 Å². The number of carbonyl (C=O) groups excluding carboxylic acids is 1. The fourth-order valence-corrected chi connectivity index (χ4v) is 3.33. The van der Waals surface area contributed by atoms with Crippen LogP contribution >= 0.6 is 0 Å². The number of piperidine rings is 1. The Morgan fingerprint density at radius 2 is 1.77 bits per heavy atom. The number of hydrogen-bond donors (Lipinski definition) is 2. The van der Waals surface area contributed by atoms with Crippen LogP contribution in [0.3, 0.4) is 0 Å². The highest BCUT2D eigenvalue weighted by atomic mass is 19.1. The van der Waals surface area contributed by atoms with Crippen LogP contribution in [0.4, 0.5) is 4.39 Å². The third-order valence-corrected chi connectivity index (χ3v) is 5.09. The molecule has 26 heavy (non-hydrogen) atoms. The van der Waals surface area contributed by atoms with Gasteiger partial charge in [0.15, 0.2) is 0 Å². The van der Waals surface area contributed by atoms with Crippen molar-refractivity contribution in [2.24, 2.45) is 5.73 Å². The highest BCUT2D eigenvalue weighted by Gasteiger charge is 2.32. The van der Waals surface area contributed by atoms with Gasteiger partial charge in [-0.2, -0.15) is 0 Å². The van der Waals surface area contributed by atoms with E-state index in [1.54, 1.807) is 6.92 Å². The Morgan fingerprint density at radius 1 is 1.15 bits per heavy atom. The van der Waals surface area contributed by atoms with Gasteiger partial charge in [-0.15, -0.1) is 0 Å². The monoisotopic (exact) mass is 355 g/mol. The van der Waals surface area contributed by atoms with E-state index in [0.29, 0.717) is 0 Å². The molecule has 0 radical (unpaired) electrons. The molecule has 1 saturated heterocycles. The van der Waals surface area contributed by atoms with Crippen LogP contribution < -0.4 is 11.1 Å². The summed E-state index contributed by atoms with van der Waals surface area (Å²) in [6.07, 6.45) is 1.77. The standard InChI is InChI=1S/C21H26FN3O/c1-21(23,17-5-3-2-4-6-17)20(26)24-19-11-13-25(14-12-19)15-16-7-9-18(22)10-8-16/h2-10,19H,11-15,23H2,1H3,(H,24,26). The fourth-order valence-electron chi connectivity index (χ4n) is 3.33. The number of rotatable bonds is 5. The van der Waals surface area contributed by atoms with E-state index in [9.17, 15) is 9.18 Å². The predicted molar refractivity (Wildman–Crippen MR) is 101 cm³/mol. The minimum atomic E-state index is -1.04. The molecule has 0 bridgehead atoms. The van der Waals surface area contributed by atoms with Crippen LogP contribution in [0.25, 0.3) is 0 Å². The van der Waals surface area contributed by atoms with E-state index in [0.717, 1.165) is 43.6 Å². The van der Waals surface area contributed by atoms with E-state index >= 15 is 0 Å². The van der Waals surface area contributed by atoms with E-state index in [4.69, 9.17) is 5.73 Å². The molecule has 5 heteroatoms. The second-order valence-corrected chi connectivity index (χ2v) is 7.22. The smallest absolute Gasteiger partial charge is 0.244 e. The van der Waals surface area contributed by atoms with Crippen LogP contribution in [0.1, 0.15) is 30.9 Å². The van der Waals surface area contributed by atoms with Crippen molar-refractivity contribution < 1.29 is 9.18 Å². The number of amides is 1. The van der Waals surface area contributed by atoms with Crippen LogP contribution in [0.5, 0.6) is 0 Å². The molecule has 0 aromatic heterocycles. The van der Waals surface area contributed by atoms with Gasteiger partial charge in [0.1, 0.15) is 11.4 Å². The van der Waals surface area contributed by atoms with Crippen molar-refractivity contribution in [3.63, 3.8) is 0 Å². The van der Waals surface area contributed by atoms with Crippen molar-refractivity contribution in [2.75, 3.05) is 13.1 Å². The molecule has 3 rings (SSSR count). The summed E-state index contributed by atoms with van der Waals surface area (Å²) in [6, 6.07) is 16.2. The lowest BCUT2D eigenvalue weighted by Crippen LogP contribution is -2.54. The number of benzene rings is 2. The van der Waals surface area contributed by atoms with Crippen molar-refractivity contribution in [2.45, 2.75) is 37.9 Å². The number of nitrogens with two attached hydrogens (primary N) is 1. The molecule has 3 N–H and O–H groups in total. The van der Waals surface area contributed by atoms with Crippen LogP contribution in [-0.4, -0.2) is 29.9 Å². The van der Waals surface area contributed by atoms with Crippen LogP contribution in [0.2, 0.25) is 0 Å². The van der Waals surface area contributed by atoms with Gasteiger partial charge in [0.05, 0.1) is 0 Å². The zero-order valence-corrected chi connectivity index (χ0v) is 15.1. The molecule has 1 aliphatic heterocycles. The SMILES string of the molecule is CC(N)(C(=O)NC1CCN(Cc2ccc(F)cc2)CC1)c1ccccc1. The molecule has 2 aromatic carbocycles. The Labute approximate surface area is 154 Å². The van der Waals surface area contributed by atoms with Crippen LogP contribution in [0.15, 0.2) is 54.6 Å². The van der Waals surface area contributed by atoms with E-state index < -0.39 is 5.54 Å². The first-order chi connectivity index (χ1) is 12.4. The molecular formula is C21H26FN3O. The summed E-state index contributed by atoms with van der Waals surface area (Å²) in [4.78, 5) is 15.0. The van der Waals surface area contributed by atoms with Gasteiger partial charge in [-0.05, 0) is 43.0 Å². The van der Waals surface area contributed by atoms with Gasteiger partial charge in [-0.1, -0.05) is 42.5 Å². The van der Waals surface area contributed by atoms with Gasteiger partial charge in [-0.25, -0.2) is 4.39 Å². The predicted octanol–water partition coefficient (Wildman–Crippen LogP) is 2.78. The highest BCUT2D eigenvalue weighted by molar-refractivity contribution is 5.87. The zero-order chi connectivity index (χ0) is 18.6. The largest absolute Gasteiger partial charge is 0.351 e. The molecule has 1 amide bonds. The molecule has 1 atom stereocenters. The minimum absolute atomic E-state index is 0.138. The third-order valence-electron chi connectivity index (χ3n) is 5.09. The lowest BCUT2D eigenvalue weighted by atomic mass is 9.91. The summed E-state index contributed by atoms with van der Waals surface area (Å²) in [7, 11) is 0. The topological polar surface area (TPSA) is 58.4 Å². The Balaban J connectivity index is 1.50. The lowest BCUT2D eigenvalue weighted by molar-refractivity contribution is -0.127. The van der Waals surface area contributed by atoms with Crippen LogP contribution in [-0.2, 0) is 16.9 Å². The van der Waals surface area contributed by atoms with Crippen LogP contribution in [0, 0.1) is 5.82 Å². The van der Waals surface area contributed by atoms with Crippen molar-refractivity contribution in [1.29, 1.82) is 0 Å². The van der Waals surface area contributed by atoms with Crippen molar-refractivity contribution in [3.05, 3.63) is 71.5 Å². The molecule has 0 spiro atoms. The van der Waals surface area contributed by atoms with Gasteiger partial charge in [-0.3, -0.25) is 9.69 Å². The maximum atomic E-state index is 13.0. The molecule has 0 aliphatic carbocycles. The van der Waals surface area contributed by atoms with E-state index in [1.807, 2.05) is 42.5 Å². The minimum Gasteiger partial charge on any atom is -0.351 e. The van der Waals surface area contributed by atoms with Crippen molar-refractivity contribution in [1.82, 2.24) is 10.2 Å². The summed E-state index contributed by atoms with van der Waals surface area (Å²) in [5, 5.41) is 3.11. The average molecular weight is 355 g/mol. The maximum Gasteiger partial charge on any atom is 0.244 e. The van der Waals surface area contributed by atoms with Crippen molar-refractivity contribution in [3.8, 4) is 0 Å². The average Bonchev–Trinajstić information content (AvgIpc) is 2.66. The quantitative estimate of drug-likeness (QED) is 0.867. The first kappa shape index (κ1) is 18.5. The summed E-state index contributed by atoms with van der Waals surface area (Å²) in [5.74, 6) is -0.348. The van der Waals surface area contributed by atoms with Gasteiger partial charge >= 0.3 is 0 Å². The fraction of sp³-hybridized carbons (Fsp3) is 0.381. The normalized spacial score (nSPS) is 18.3. The van der Waals surface area contributed by atoms with Gasteiger partial charge in [0, 0.05) is 25.7 Å². The molecule has 138 valence electrons. The van der Waals surface area contributed by atoms with E-state index in [1.165, 1.54) is 12.1 Å². The first-order valence-corrected chi connectivity index (χ1v) is 9.07. The molecule has 1 aliphatic rings. The Bertz CT molecular complexity index is 723. The molecular weight excluding hydrogens is 329 g/mol. The van der Waals surface area contributed by atoms with Gasteiger partial charge < -0.3 is 11.1 Å². The summed E-state index contributed by atoms with van der Waals surface area (Å²) < 4.78 is 13.0. The molecule has 1 unspecified atom stereocenters. The zero-order valence-electron chi connectivity index (χ0n) is 15.1. The molecule has 1 fully saturated rings. The van der Waals surface area contributed by atoms with E-state index in [2.05, 4.69) is 10.2 Å². The molecule has 2 aromatic rings. The highest BCUT2D eigenvalue weighted by Crippen LogP contribution is 2.20. The number of carbonyl (C=O) groups is 1. The van der Waals surface area contributed by atoms with Crippen molar-refractivity contribution >= 4 is 5.91 Å². The second kappa shape index (κ2) is 7.98. The number of halogens is 1. The van der Waals surface area contributed by atoms with E-state index in [-0.39, 0.29) is 17.8 Å². The van der Waals surface area contributed by atoms with Gasteiger partial charge in [0.2, 0.25) is 5.91 Å². The molecule has 1 heterocycles. The second-order valence-electron chi connectivity index (χ2n) is 7.22. The lowest BCUT2D eigenvalue weighted by Gasteiger charge is -2.34. The molecule has 4 nitrogen and oxygen atoms in total. The number of nitrogens with zero attached hydrogens (tertiary/aromatic N) is 1. The Kier molecular flexibility index (Phi) is 5.69. The molecule has 0 saturated carbocycles. The summed E-state index contributed by atoms with van der Waals surface area (Å²) >= 11 is 0. The number of nitrogens with one attached hydrogen (secondary N) is 1. The number of likely N-dealkylation sites (tertiary alicyclic amines) is 1. The Hall–Kier alpha value is -2.24. The maximum absolute atomic E-state index is 13.0. The number of hydrogen-bond acceptors (Lipinski definition) is 3. The summed E-state index contributed by atoms with van der Waals surface area (Å²) in [6.45, 7) is 4.35. The summed E-state index contributed by atoms with van der Waals surface area (Å²) in [5.41, 5.74) is 7.17. The third kappa shape index (κ3) is 4.48. The Morgan fingerprint density at radius 3 is 2.38 bits per heavy atom.